The second-order valence-corrected chi connectivity index (χ2v) is 4.89. The first kappa shape index (κ1) is 15.1. The molecule has 0 spiro atoms. The van der Waals surface area contributed by atoms with E-state index in [0.29, 0.717) is 0 Å². The maximum Gasteiger partial charge on any atom is 0.573 e. The van der Waals surface area contributed by atoms with E-state index in [-0.39, 0.29) is 11.6 Å². The Balaban J connectivity index is 2.19. The van der Waals surface area contributed by atoms with Gasteiger partial charge in [0.1, 0.15) is 11.8 Å². The highest BCUT2D eigenvalue weighted by Crippen LogP contribution is 2.27. The molecule has 1 atom stereocenters. The maximum atomic E-state index is 12.1. The summed E-state index contributed by atoms with van der Waals surface area (Å²) in [6.45, 7) is 3.57. The minimum Gasteiger partial charge on any atom is -0.406 e. The zero-order valence-electron chi connectivity index (χ0n) is 11.3. The summed E-state index contributed by atoms with van der Waals surface area (Å²) >= 11 is 0. The normalized spacial score (nSPS) is 19.1. The zero-order chi connectivity index (χ0) is 15.8. The highest BCUT2D eigenvalue weighted by atomic mass is 19.4. The summed E-state index contributed by atoms with van der Waals surface area (Å²) in [4.78, 5) is 24.8. The number of nitrogens with one attached hydrogen (secondary N) is 1. The highest BCUT2D eigenvalue weighted by Gasteiger charge is 2.40. The van der Waals surface area contributed by atoms with Crippen molar-refractivity contribution in [2.75, 3.05) is 4.90 Å². The van der Waals surface area contributed by atoms with Gasteiger partial charge >= 0.3 is 12.4 Å². The lowest BCUT2D eigenvalue weighted by atomic mass is 10.0. The Kier molecular flexibility index (Phi) is 3.80. The Morgan fingerprint density at radius 2 is 1.76 bits per heavy atom. The van der Waals surface area contributed by atoms with E-state index in [1.807, 2.05) is 0 Å². The van der Waals surface area contributed by atoms with Crippen LogP contribution in [0.2, 0.25) is 0 Å². The van der Waals surface area contributed by atoms with Crippen LogP contribution in [-0.2, 0) is 4.79 Å². The molecule has 0 aliphatic carbocycles. The summed E-state index contributed by atoms with van der Waals surface area (Å²) in [5, 5.41) is 2.53. The van der Waals surface area contributed by atoms with Gasteiger partial charge in [0.2, 0.25) is 0 Å². The number of benzene rings is 1. The molecule has 8 heteroatoms. The van der Waals surface area contributed by atoms with E-state index in [0.717, 1.165) is 17.0 Å². The van der Waals surface area contributed by atoms with Crippen molar-refractivity contribution in [3.05, 3.63) is 24.3 Å². The molecule has 1 saturated heterocycles. The van der Waals surface area contributed by atoms with E-state index in [9.17, 15) is 22.8 Å². The van der Waals surface area contributed by atoms with Crippen molar-refractivity contribution in [2.45, 2.75) is 26.3 Å². The number of alkyl halides is 3. The smallest absolute Gasteiger partial charge is 0.406 e. The van der Waals surface area contributed by atoms with Crippen molar-refractivity contribution < 1.29 is 27.5 Å². The Hall–Kier alpha value is -2.25. The van der Waals surface area contributed by atoms with Crippen LogP contribution in [0.3, 0.4) is 0 Å². The van der Waals surface area contributed by atoms with Gasteiger partial charge in [0.15, 0.2) is 0 Å². The van der Waals surface area contributed by atoms with Crippen LogP contribution < -0.4 is 15.0 Å². The average Bonchev–Trinajstić information content (AvgIpc) is 2.64. The fourth-order valence-electron chi connectivity index (χ4n) is 1.99. The third kappa shape index (κ3) is 3.26. The fraction of sp³-hybridized carbons (Fsp3) is 0.385. The Labute approximate surface area is 118 Å². The van der Waals surface area contributed by atoms with Gasteiger partial charge in [-0.3, -0.25) is 4.79 Å². The van der Waals surface area contributed by atoms with Gasteiger partial charge in [0, 0.05) is 0 Å². The van der Waals surface area contributed by atoms with E-state index in [1.54, 1.807) is 13.8 Å². The third-order valence-corrected chi connectivity index (χ3v) is 2.96. The van der Waals surface area contributed by atoms with E-state index >= 15 is 0 Å². The van der Waals surface area contributed by atoms with Crippen LogP contribution in [0.1, 0.15) is 13.8 Å². The summed E-state index contributed by atoms with van der Waals surface area (Å²) in [7, 11) is 0. The minimum absolute atomic E-state index is 0.0840. The van der Waals surface area contributed by atoms with Crippen molar-refractivity contribution in [1.29, 1.82) is 0 Å². The number of carbonyl (C=O) groups is 2. The summed E-state index contributed by atoms with van der Waals surface area (Å²) in [6.07, 6.45) is -4.79. The maximum absolute atomic E-state index is 12.1. The molecule has 1 aromatic rings. The van der Waals surface area contributed by atoms with Gasteiger partial charge in [-0.2, -0.15) is 0 Å². The second-order valence-electron chi connectivity index (χ2n) is 4.89. The van der Waals surface area contributed by atoms with Crippen LogP contribution in [0, 0.1) is 5.92 Å². The third-order valence-electron chi connectivity index (χ3n) is 2.96. The highest BCUT2D eigenvalue weighted by molar-refractivity contribution is 6.21. The molecule has 0 saturated carbocycles. The van der Waals surface area contributed by atoms with Gasteiger partial charge in [0.25, 0.3) is 5.91 Å². The molecular weight excluding hydrogens is 289 g/mol. The van der Waals surface area contributed by atoms with Crippen molar-refractivity contribution in [3.63, 3.8) is 0 Å². The Morgan fingerprint density at radius 3 is 2.19 bits per heavy atom. The molecule has 21 heavy (non-hydrogen) atoms. The molecule has 1 fully saturated rings. The first-order valence-corrected chi connectivity index (χ1v) is 6.19. The largest absolute Gasteiger partial charge is 0.573 e. The molecule has 114 valence electrons. The van der Waals surface area contributed by atoms with Gasteiger partial charge in [-0.15, -0.1) is 13.2 Å². The quantitative estimate of drug-likeness (QED) is 0.873. The number of hydrogen-bond acceptors (Lipinski definition) is 3. The van der Waals surface area contributed by atoms with E-state index in [4.69, 9.17) is 0 Å². The van der Waals surface area contributed by atoms with Crippen LogP contribution in [0.4, 0.5) is 23.7 Å². The average molecular weight is 302 g/mol. The van der Waals surface area contributed by atoms with E-state index in [2.05, 4.69) is 10.1 Å². The van der Waals surface area contributed by atoms with Gasteiger partial charge < -0.3 is 10.1 Å². The molecule has 2 rings (SSSR count). The molecule has 1 heterocycles. The molecule has 5 nitrogen and oxygen atoms in total. The van der Waals surface area contributed by atoms with Gasteiger partial charge in [-0.1, -0.05) is 13.8 Å². The lowest BCUT2D eigenvalue weighted by Gasteiger charge is -2.15. The topological polar surface area (TPSA) is 58.6 Å². The number of hydrogen-bond donors (Lipinski definition) is 1. The number of rotatable bonds is 3. The molecule has 1 aromatic carbocycles. The lowest BCUT2D eigenvalue weighted by molar-refractivity contribution is -0.274. The molecule has 0 radical (unpaired) electrons. The summed E-state index contributed by atoms with van der Waals surface area (Å²) in [5.41, 5.74) is 0.190. The van der Waals surface area contributed by atoms with Crippen molar-refractivity contribution >= 4 is 17.6 Å². The van der Waals surface area contributed by atoms with Gasteiger partial charge in [-0.25, -0.2) is 9.69 Å². The van der Waals surface area contributed by atoms with Crippen LogP contribution in [0.25, 0.3) is 0 Å². The molecule has 1 unspecified atom stereocenters. The number of anilines is 1. The number of amides is 3. The first-order valence-electron chi connectivity index (χ1n) is 6.19. The summed E-state index contributed by atoms with van der Waals surface area (Å²) in [6, 6.07) is 3.31. The molecule has 0 bridgehead atoms. The van der Waals surface area contributed by atoms with E-state index < -0.39 is 30.1 Å². The summed E-state index contributed by atoms with van der Waals surface area (Å²) < 4.78 is 39.9. The van der Waals surface area contributed by atoms with Crippen LogP contribution in [0.5, 0.6) is 5.75 Å². The number of imide groups is 1. The number of halogens is 3. The van der Waals surface area contributed by atoms with Crippen molar-refractivity contribution in [3.8, 4) is 5.75 Å². The fourth-order valence-corrected chi connectivity index (χ4v) is 1.99. The monoisotopic (exact) mass is 302 g/mol. The van der Waals surface area contributed by atoms with E-state index in [1.165, 1.54) is 12.1 Å². The van der Waals surface area contributed by atoms with Gasteiger partial charge in [0.05, 0.1) is 5.69 Å². The molecule has 1 aliphatic rings. The molecular formula is C13H13F3N2O3. The first-order chi connectivity index (χ1) is 9.69. The van der Waals surface area contributed by atoms with Crippen LogP contribution >= 0.6 is 0 Å². The number of ether oxygens (including phenoxy) is 1. The number of carbonyl (C=O) groups excluding carboxylic acids is 2. The predicted octanol–water partition coefficient (Wildman–Crippen LogP) is 2.67. The molecule has 0 aromatic heterocycles. The number of nitrogens with zero attached hydrogens (tertiary/aromatic N) is 1. The SMILES string of the molecule is CC(C)C1NC(=O)N(c2ccc(OC(F)(F)F)cc2)C1=O. The van der Waals surface area contributed by atoms with Crippen LogP contribution in [0.15, 0.2) is 24.3 Å². The zero-order valence-corrected chi connectivity index (χ0v) is 11.3. The summed E-state index contributed by atoms with van der Waals surface area (Å²) in [5.74, 6) is -0.933. The van der Waals surface area contributed by atoms with Gasteiger partial charge in [-0.05, 0) is 30.2 Å². The Morgan fingerprint density at radius 1 is 1.19 bits per heavy atom. The molecule has 3 amide bonds. The Bertz CT molecular complexity index is 555. The van der Waals surface area contributed by atoms with Crippen molar-refractivity contribution in [2.24, 2.45) is 5.92 Å². The predicted molar refractivity (Wildman–Crippen MR) is 67.8 cm³/mol. The molecule has 1 aliphatic heterocycles. The standard InChI is InChI=1S/C13H13F3N2O3/c1-7(2)10-11(19)18(12(20)17-10)8-3-5-9(6-4-8)21-13(14,15)16/h3-7,10H,1-2H3,(H,17,20). The lowest BCUT2D eigenvalue weighted by Crippen LogP contribution is -2.34. The number of urea groups is 1. The minimum atomic E-state index is -4.79. The molecule has 1 N–H and O–H groups in total. The van der Waals surface area contributed by atoms with Crippen LogP contribution in [-0.4, -0.2) is 24.3 Å². The van der Waals surface area contributed by atoms with Crippen molar-refractivity contribution in [1.82, 2.24) is 5.32 Å². The second kappa shape index (κ2) is 5.27.